The van der Waals surface area contributed by atoms with Crippen molar-refractivity contribution in [1.29, 1.82) is 0 Å². The number of aromatic nitrogens is 2. The number of hydrogen-bond donors (Lipinski definition) is 2. The lowest BCUT2D eigenvalue weighted by Crippen LogP contribution is -2.35. The first-order valence-corrected chi connectivity index (χ1v) is 9.32. The molecule has 1 aliphatic heterocycles. The third kappa shape index (κ3) is 3.75. The number of hydrogen-bond acceptors (Lipinski definition) is 4. The van der Waals surface area contributed by atoms with Crippen molar-refractivity contribution in [1.82, 2.24) is 14.9 Å². The van der Waals surface area contributed by atoms with Crippen LogP contribution in [0, 0.1) is 0 Å². The Morgan fingerprint density at radius 2 is 1.93 bits per heavy atom. The third-order valence-electron chi connectivity index (χ3n) is 4.96. The van der Waals surface area contributed by atoms with Crippen LogP contribution in [-0.4, -0.2) is 34.7 Å². The zero-order valence-corrected chi connectivity index (χ0v) is 15.3. The number of carbonyl (C=O) groups is 1. The maximum atomic E-state index is 12.6. The van der Waals surface area contributed by atoms with Gasteiger partial charge in [-0.3, -0.25) is 14.2 Å². The van der Waals surface area contributed by atoms with Crippen LogP contribution in [0.15, 0.2) is 58.1 Å². The van der Waals surface area contributed by atoms with E-state index in [2.05, 4.69) is 10.3 Å². The maximum Gasteiger partial charge on any atom is 0.329 e. The zero-order chi connectivity index (χ0) is 19.5. The fourth-order valence-electron chi connectivity index (χ4n) is 3.40. The third-order valence-corrected chi connectivity index (χ3v) is 4.96. The van der Waals surface area contributed by atoms with E-state index >= 15 is 0 Å². The van der Waals surface area contributed by atoms with Gasteiger partial charge in [0.25, 0.3) is 11.5 Å². The summed E-state index contributed by atoms with van der Waals surface area (Å²) in [5, 5.41) is 3.34. The molecule has 28 heavy (non-hydrogen) atoms. The number of ether oxygens (including phenoxy) is 1. The average Bonchev–Trinajstić information content (AvgIpc) is 3.23. The van der Waals surface area contributed by atoms with Crippen LogP contribution in [0.3, 0.4) is 0 Å². The molecule has 2 aromatic carbocycles. The highest BCUT2D eigenvalue weighted by Gasteiger charge is 2.16. The molecule has 144 valence electrons. The molecule has 0 radical (unpaired) electrons. The summed E-state index contributed by atoms with van der Waals surface area (Å²) >= 11 is 0. The van der Waals surface area contributed by atoms with Crippen LogP contribution in [0.1, 0.15) is 28.8 Å². The molecule has 1 amide bonds. The number of benzene rings is 2. The second kappa shape index (κ2) is 7.82. The lowest BCUT2D eigenvalue weighted by Gasteiger charge is -2.11. The number of rotatable bonds is 5. The highest BCUT2D eigenvalue weighted by atomic mass is 16.5. The zero-order valence-electron chi connectivity index (χ0n) is 15.3. The van der Waals surface area contributed by atoms with E-state index in [9.17, 15) is 14.4 Å². The van der Waals surface area contributed by atoms with Crippen molar-refractivity contribution in [2.24, 2.45) is 0 Å². The van der Waals surface area contributed by atoms with Gasteiger partial charge in [-0.05, 0) is 42.7 Å². The molecular formula is C21H21N3O4. The van der Waals surface area contributed by atoms with Crippen molar-refractivity contribution >= 4 is 16.8 Å². The Morgan fingerprint density at radius 3 is 2.68 bits per heavy atom. The van der Waals surface area contributed by atoms with Gasteiger partial charge in [0.05, 0.1) is 23.6 Å². The number of aromatic amines is 1. The Balaban J connectivity index is 1.49. The van der Waals surface area contributed by atoms with E-state index in [0.29, 0.717) is 23.0 Å². The normalized spacial score (nSPS) is 16.4. The van der Waals surface area contributed by atoms with Gasteiger partial charge in [0.15, 0.2) is 0 Å². The molecule has 4 rings (SSSR count). The fraction of sp³-hybridized carbons (Fsp3) is 0.286. The molecule has 1 aliphatic rings. The van der Waals surface area contributed by atoms with Crippen molar-refractivity contribution in [3.8, 4) is 0 Å². The molecule has 1 saturated heterocycles. The minimum Gasteiger partial charge on any atom is -0.376 e. The smallest absolute Gasteiger partial charge is 0.329 e. The summed E-state index contributed by atoms with van der Waals surface area (Å²) in [5.41, 5.74) is 1.02. The van der Waals surface area contributed by atoms with Crippen LogP contribution < -0.4 is 16.6 Å². The summed E-state index contributed by atoms with van der Waals surface area (Å²) in [4.78, 5) is 39.9. The van der Waals surface area contributed by atoms with Gasteiger partial charge >= 0.3 is 5.69 Å². The van der Waals surface area contributed by atoms with Gasteiger partial charge in [-0.15, -0.1) is 0 Å². The van der Waals surface area contributed by atoms with Gasteiger partial charge in [0, 0.05) is 18.7 Å². The molecule has 1 aromatic heterocycles. The molecule has 0 saturated carbocycles. The van der Waals surface area contributed by atoms with Gasteiger partial charge in [-0.1, -0.05) is 24.3 Å². The summed E-state index contributed by atoms with van der Waals surface area (Å²) in [6, 6.07) is 13.8. The fourth-order valence-corrected chi connectivity index (χ4v) is 3.40. The van der Waals surface area contributed by atoms with Gasteiger partial charge < -0.3 is 15.0 Å². The Hall–Kier alpha value is -3.19. The van der Waals surface area contributed by atoms with E-state index in [4.69, 9.17) is 4.74 Å². The molecule has 1 fully saturated rings. The van der Waals surface area contributed by atoms with Crippen LogP contribution >= 0.6 is 0 Å². The molecule has 0 aliphatic carbocycles. The average molecular weight is 379 g/mol. The largest absolute Gasteiger partial charge is 0.376 e. The Bertz CT molecular complexity index is 1110. The number of para-hydroxylation sites is 1. The first-order chi connectivity index (χ1) is 13.6. The number of H-pyrrole nitrogens is 1. The molecular weight excluding hydrogens is 358 g/mol. The van der Waals surface area contributed by atoms with E-state index in [1.165, 1.54) is 0 Å². The Labute approximate surface area is 161 Å². The van der Waals surface area contributed by atoms with Crippen LogP contribution in [0.5, 0.6) is 0 Å². The molecule has 2 heterocycles. The lowest BCUT2D eigenvalue weighted by atomic mass is 10.1. The topological polar surface area (TPSA) is 93.2 Å². The summed E-state index contributed by atoms with van der Waals surface area (Å²) in [6.07, 6.45) is 2.09. The molecule has 7 nitrogen and oxygen atoms in total. The quantitative estimate of drug-likeness (QED) is 0.705. The van der Waals surface area contributed by atoms with Crippen LogP contribution in [0.2, 0.25) is 0 Å². The predicted octanol–water partition coefficient (Wildman–Crippen LogP) is 1.65. The SMILES string of the molecule is O=C(NCC1CCCO1)c1ccc(Cn2c(=O)[nH]c3ccccc3c2=O)cc1. The Kier molecular flexibility index (Phi) is 5.08. The minimum absolute atomic E-state index is 0.0923. The van der Waals surface area contributed by atoms with Gasteiger partial charge in [0.2, 0.25) is 0 Å². The van der Waals surface area contributed by atoms with E-state index in [0.717, 1.165) is 29.6 Å². The van der Waals surface area contributed by atoms with Crippen LogP contribution in [-0.2, 0) is 11.3 Å². The first-order valence-electron chi connectivity index (χ1n) is 9.32. The van der Waals surface area contributed by atoms with E-state index < -0.39 is 5.69 Å². The highest BCUT2D eigenvalue weighted by Crippen LogP contribution is 2.11. The van der Waals surface area contributed by atoms with E-state index in [-0.39, 0.29) is 24.1 Å². The van der Waals surface area contributed by atoms with Crippen molar-refractivity contribution in [3.63, 3.8) is 0 Å². The predicted molar refractivity (Wildman–Crippen MR) is 106 cm³/mol. The minimum atomic E-state index is -0.456. The van der Waals surface area contributed by atoms with Gasteiger partial charge in [0.1, 0.15) is 0 Å². The number of nitrogens with one attached hydrogen (secondary N) is 2. The highest BCUT2D eigenvalue weighted by molar-refractivity contribution is 5.94. The summed E-state index contributed by atoms with van der Waals surface area (Å²) < 4.78 is 6.66. The molecule has 0 bridgehead atoms. The maximum absolute atomic E-state index is 12.6. The van der Waals surface area contributed by atoms with Crippen LogP contribution in [0.25, 0.3) is 10.9 Å². The standard InChI is InChI=1S/C21H21N3O4/c25-19(22-12-16-4-3-11-28-16)15-9-7-14(8-10-15)13-24-20(26)17-5-1-2-6-18(17)23-21(24)27/h1-2,5-10,16H,3-4,11-13H2,(H,22,25)(H,23,27). The van der Waals surface area contributed by atoms with E-state index in [1.807, 2.05) is 0 Å². The second-order valence-electron chi connectivity index (χ2n) is 6.91. The Morgan fingerprint density at radius 1 is 1.14 bits per heavy atom. The monoisotopic (exact) mass is 379 g/mol. The summed E-state index contributed by atoms with van der Waals surface area (Å²) in [6.45, 7) is 1.39. The van der Waals surface area contributed by atoms with Gasteiger partial charge in [-0.25, -0.2) is 4.79 Å². The van der Waals surface area contributed by atoms with Crippen molar-refractivity contribution in [2.75, 3.05) is 13.2 Å². The van der Waals surface area contributed by atoms with Crippen molar-refractivity contribution in [3.05, 3.63) is 80.5 Å². The number of amides is 1. The van der Waals surface area contributed by atoms with E-state index in [1.54, 1.807) is 48.5 Å². The molecule has 0 spiro atoms. The molecule has 1 unspecified atom stereocenters. The van der Waals surface area contributed by atoms with Gasteiger partial charge in [-0.2, -0.15) is 0 Å². The van der Waals surface area contributed by atoms with Crippen molar-refractivity contribution < 1.29 is 9.53 Å². The summed E-state index contributed by atoms with van der Waals surface area (Å²) in [7, 11) is 0. The molecule has 1 atom stereocenters. The lowest BCUT2D eigenvalue weighted by molar-refractivity contribution is 0.0858. The summed E-state index contributed by atoms with van der Waals surface area (Å²) in [5.74, 6) is -0.164. The second-order valence-corrected chi connectivity index (χ2v) is 6.91. The number of carbonyl (C=O) groups excluding carboxylic acids is 1. The molecule has 3 aromatic rings. The first kappa shape index (κ1) is 18.2. The molecule has 2 N–H and O–H groups in total. The van der Waals surface area contributed by atoms with Crippen molar-refractivity contribution in [2.45, 2.75) is 25.5 Å². The number of nitrogens with zero attached hydrogens (tertiary/aromatic N) is 1. The van der Waals surface area contributed by atoms with Crippen LogP contribution in [0.4, 0.5) is 0 Å². The molecule has 7 heteroatoms. The number of fused-ring (bicyclic) bond motifs is 1.